The maximum atomic E-state index is 9.27. The molecule has 2 nitrogen and oxygen atoms in total. The molecule has 2 N–H and O–H groups in total. The van der Waals surface area contributed by atoms with E-state index < -0.39 is 0 Å². The van der Waals surface area contributed by atoms with Crippen molar-refractivity contribution in [3.05, 3.63) is 39.3 Å². The molecule has 0 saturated heterocycles. The van der Waals surface area contributed by atoms with E-state index in [0.29, 0.717) is 0 Å². The summed E-state index contributed by atoms with van der Waals surface area (Å²) in [7, 11) is 0. The first kappa shape index (κ1) is 11.8. The molecule has 0 atom stereocenters. The lowest BCUT2D eigenvalue weighted by atomic mass is 10.2. The molecule has 0 heterocycles. The molecule has 0 spiro atoms. The van der Waals surface area contributed by atoms with Crippen molar-refractivity contribution in [2.24, 2.45) is 0 Å². The summed E-state index contributed by atoms with van der Waals surface area (Å²) in [4.78, 5) is 0. The van der Waals surface area contributed by atoms with Gasteiger partial charge >= 0.3 is 0 Å². The van der Waals surface area contributed by atoms with Gasteiger partial charge in [-0.2, -0.15) is 0 Å². The maximum absolute atomic E-state index is 9.27. The van der Waals surface area contributed by atoms with Crippen molar-refractivity contribution in [1.29, 1.82) is 0 Å². The number of phenols is 1. The van der Waals surface area contributed by atoms with Crippen molar-refractivity contribution in [1.82, 2.24) is 5.32 Å². The van der Waals surface area contributed by atoms with Crippen LogP contribution in [0.15, 0.2) is 33.7 Å². The molecule has 4 heteroatoms. The van der Waals surface area contributed by atoms with Gasteiger partial charge in [0.05, 0.1) is 4.47 Å². The van der Waals surface area contributed by atoms with Crippen molar-refractivity contribution in [3.63, 3.8) is 0 Å². The molecule has 0 bridgehead atoms. The monoisotopic (exact) mass is 319 g/mol. The fraction of sp³-hybridized carbons (Fsp3) is 0.200. The number of hydrogen-bond acceptors (Lipinski definition) is 2. The maximum Gasteiger partial charge on any atom is 0.129 e. The van der Waals surface area contributed by atoms with Crippen molar-refractivity contribution in [2.75, 3.05) is 6.54 Å². The Morgan fingerprint density at radius 2 is 2.21 bits per heavy atom. The van der Waals surface area contributed by atoms with Crippen LogP contribution in [-0.2, 0) is 6.54 Å². The van der Waals surface area contributed by atoms with Gasteiger partial charge in [-0.05, 0) is 33.6 Å². The van der Waals surface area contributed by atoms with Gasteiger partial charge in [0, 0.05) is 17.6 Å². The third kappa shape index (κ3) is 3.82. The number of benzene rings is 1. The highest BCUT2D eigenvalue weighted by atomic mass is 79.9. The Kier molecular flexibility index (Phi) is 4.65. The zero-order chi connectivity index (χ0) is 10.6. The minimum Gasteiger partial charge on any atom is -0.507 e. The number of hydrogen-bond donors (Lipinski definition) is 2. The zero-order valence-electron chi connectivity index (χ0n) is 7.56. The van der Waals surface area contributed by atoms with Crippen molar-refractivity contribution >= 4 is 31.9 Å². The molecule has 0 aliphatic rings. The normalized spacial score (nSPS) is 10.1. The Bertz CT molecular complexity index is 339. The van der Waals surface area contributed by atoms with Crippen molar-refractivity contribution in [3.8, 4) is 5.75 Å². The van der Waals surface area contributed by atoms with Gasteiger partial charge in [-0.15, -0.1) is 0 Å². The summed E-state index contributed by atoms with van der Waals surface area (Å²) in [6.45, 7) is 5.21. The topological polar surface area (TPSA) is 32.3 Å². The minimum atomic E-state index is 0.263. The quantitative estimate of drug-likeness (QED) is 0.893. The van der Waals surface area contributed by atoms with Crippen LogP contribution in [0, 0.1) is 0 Å². The molecule has 76 valence electrons. The molecule has 0 unspecified atom stereocenters. The molecular formula is C10H11Br2NO. The van der Waals surface area contributed by atoms with Crippen LogP contribution in [0.3, 0.4) is 0 Å². The Morgan fingerprint density at radius 1 is 1.50 bits per heavy atom. The first-order chi connectivity index (χ1) is 6.59. The Labute approximate surface area is 100 Å². The lowest BCUT2D eigenvalue weighted by Gasteiger charge is -2.05. The first-order valence-corrected chi connectivity index (χ1v) is 5.69. The van der Waals surface area contributed by atoms with E-state index in [4.69, 9.17) is 0 Å². The number of phenolic OH excluding ortho intramolecular Hbond substituents is 1. The number of halogens is 2. The summed E-state index contributed by atoms with van der Waals surface area (Å²) in [5.41, 5.74) is 1.11. The lowest BCUT2D eigenvalue weighted by molar-refractivity contribution is 0.471. The molecule has 0 amide bonds. The highest BCUT2D eigenvalue weighted by molar-refractivity contribution is 9.11. The zero-order valence-corrected chi connectivity index (χ0v) is 10.7. The van der Waals surface area contributed by atoms with Crippen LogP contribution in [-0.4, -0.2) is 11.7 Å². The van der Waals surface area contributed by atoms with E-state index in [-0.39, 0.29) is 5.75 Å². The Hall–Kier alpha value is -0.320. The molecular weight excluding hydrogens is 310 g/mol. The summed E-state index contributed by atoms with van der Waals surface area (Å²) in [6.07, 6.45) is 0. The number of rotatable bonds is 4. The van der Waals surface area contributed by atoms with Crippen LogP contribution in [0.5, 0.6) is 5.75 Å². The van der Waals surface area contributed by atoms with Crippen molar-refractivity contribution in [2.45, 2.75) is 6.54 Å². The summed E-state index contributed by atoms with van der Waals surface area (Å²) in [6, 6.07) is 5.44. The van der Waals surface area contributed by atoms with Gasteiger partial charge in [0.15, 0.2) is 0 Å². The molecule has 0 radical (unpaired) electrons. The SMILES string of the molecule is C=C(Br)CNCc1ccc(O)c(Br)c1. The van der Waals surface area contributed by atoms with Gasteiger partial charge < -0.3 is 10.4 Å². The van der Waals surface area contributed by atoms with E-state index >= 15 is 0 Å². The van der Waals surface area contributed by atoms with Crippen LogP contribution in [0.25, 0.3) is 0 Å². The summed E-state index contributed by atoms with van der Waals surface area (Å²) in [5, 5.41) is 12.5. The molecule has 1 aromatic rings. The molecule has 0 aliphatic carbocycles. The molecule has 14 heavy (non-hydrogen) atoms. The third-order valence-corrected chi connectivity index (χ3v) is 2.57. The second-order valence-electron chi connectivity index (χ2n) is 2.91. The van der Waals surface area contributed by atoms with E-state index in [1.165, 1.54) is 0 Å². The van der Waals surface area contributed by atoms with Crippen LogP contribution >= 0.6 is 31.9 Å². The van der Waals surface area contributed by atoms with Gasteiger partial charge in [-0.3, -0.25) is 0 Å². The Morgan fingerprint density at radius 3 is 2.79 bits per heavy atom. The molecule has 1 aromatic carbocycles. The molecule has 0 aromatic heterocycles. The predicted octanol–water partition coefficient (Wildman–Crippen LogP) is 3.15. The van der Waals surface area contributed by atoms with E-state index in [0.717, 1.165) is 27.6 Å². The molecule has 0 aliphatic heterocycles. The summed E-state index contributed by atoms with van der Waals surface area (Å²) in [5.74, 6) is 0.263. The average molecular weight is 321 g/mol. The highest BCUT2D eigenvalue weighted by Crippen LogP contribution is 2.24. The second-order valence-corrected chi connectivity index (χ2v) is 4.88. The first-order valence-electron chi connectivity index (χ1n) is 4.11. The largest absolute Gasteiger partial charge is 0.507 e. The fourth-order valence-corrected chi connectivity index (χ4v) is 1.63. The van der Waals surface area contributed by atoms with Gasteiger partial charge in [0.1, 0.15) is 5.75 Å². The van der Waals surface area contributed by atoms with E-state index in [9.17, 15) is 5.11 Å². The van der Waals surface area contributed by atoms with Gasteiger partial charge in [-0.25, -0.2) is 0 Å². The number of nitrogens with one attached hydrogen (secondary N) is 1. The average Bonchev–Trinajstić information content (AvgIpc) is 2.10. The van der Waals surface area contributed by atoms with Crippen molar-refractivity contribution < 1.29 is 5.11 Å². The van der Waals surface area contributed by atoms with Crippen LogP contribution in [0.1, 0.15) is 5.56 Å². The summed E-state index contributed by atoms with van der Waals surface area (Å²) >= 11 is 6.53. The van der Waals surface area contributed by atoms with Gasteiger partial charge in [0.25, 0.3) is 0 Å². The van der Waals surface area contributed by atoms with E-state index in [1.54, 1.807) is 6.07 Å². The number of aromatic hydroxyl groups is 1. The molecule has 0 fully saturated rings. The second kappa shape index (κ2) is 5.53. The smallest absolute Gasteiger partial charge is 0.129 e. The minimum absolute atomic E-state index is 0.263. The standard InChI is InChI=1S/C10H11Br2NO/c1-7(11)5-13-6-8-2-3-10(14)9(12)4-8/h2-4,13-14H,1,5-6H2. The molecule has 1 rings (SSSR count). The highest BCUT2D eigenvalue weighted by Gasteiger charge is 1.99. The van der Waals surface area contributed by atoms with E-state index in [1.807, 2.05) is 12.1 Å². The van der Waals surface area contributed by atoms with Crippen LogP contribution in [0.2, 0.25) is 0 Å². The Balaban J connectivity index is 2.51. The third-order valence-electron chi connectivity index (χ3n) is 1.66. The molecule has 0 saturated carbocycles. The van der Waals surface area contributed by atoms with E-state index in [2.05, 4.69) is 43.8 Å². The van der Waals surface area contributed by atoms with Gasteiger partial charge in [-0.1, -0.05) is 28.6 Å². The van der Waals surface area contributed by atoms with Crippen LogP contribution in [0.4, 0.5) is 0 Å². The summed E-state index contributed by atoms with van der Waals surface area (Å²) < 4.78 is 1.64. The fourth-order valence-electron chi connectivity index (χ4n) is 1.00. The van der Waals surface area contributed by atoms with Crippen LogP contribution < -0.4 is 5.32 Å². The van der Waals surface area contributed by atoms with Gasteiger partial charge in [0.2, 0.25) is 0 Å². The lowest BCUT2D eigenvalue weighted by Crippen LogP contribution is -2.14. The predicted molar refractivity (Wildman–Crippen MR) is 65.6 cm³/mol.